The van der Waals surface area contributed by atoms with Crippen molar-refractivity contribution in [1.29, 1.82) is 0 Å². The third-order valence-electron chi connectivity index (χ3n) is 10.2. The summed E-state index contributed by atoms with van der Waals surface area (Å²) >= 11 is 0. The number of hydrogen-bond donors (Lipinski definition) is 3. The Hall–Kier alpha value is -4.13. The standard InChI is InChI=1S/C36H51FN6O6/c1-6-43-29(13-14-38-43)35(48)40-33(25-9-7-22(2)8-10-25)30(44)21-27-12-11-26(20-28(27)37)24(4)32(39-34(47)23(3)19-31(45)46)36(49)42-17-15-41(5)16-18-42/h11-14,20,22-25,32-33H,6-10,15-19,21H2,1-5H3,(H,39,47)(H,40,48)(H,45,46)/t22?,23-,24+,25?,32-,33+/m1/s1. The first-order valence-electron chi connectivity index (χ1n) is 17.4. The smallest absolute Gasteiger partial charge is 0.304 e. The van der Waals surface area contributed by atoms with Gasteiger partial charge in [0, 0.05) is 57.2 Å². The molecule has 1 aromatic carbocycles. The van der Waals surface area contributed by atoms with E-state index in [4.69, 9.17) is 0 Å². The first kappa shape index (κ1) is 37.7. The van der Waals surface area contributed by atoms with Crippen molar-refractivity contribution in [2.24, 2.45) is 17.8 Å². The van der Waals surface area contributed by atoms with Gasteiger partial charge in [-0.3, -0.25) is 28.7 Å². The highest BCUT2D eigenvalue weighted by molar-refractivity contribution is 5.97. The van der Waals surface area contributed by atoms with Crippen molar-refractivity contribution >= 4 is 29.5 Å². The molecule has 13 heteroatoms. The Labute approximate surface area is 287 Å². The lowest BCUT2D eigenvalue weighted by atomic mass is 9.77. The van der Waals surface area contributed by atoms with E-state index in [-0.39, 0.29) is 29.6 Å². The van der Waals surface area contributed by atoms with Crippen molar-refractivity contribution < 1.29 is 33.5 Å². The lowest BCUT2D eigenvalue weighted by molar-refractivity contribution is -0.142. The van der Waals surface area contributed by atoms with Gasteiger partial charge in [-0.25, -0.2) is 4.39 Å². The average Bonchev–Trinajstić information content (AvgIpc) is 3.56. The molecule has 1 saturated carbocycles. The molecular formula is C36H51FN6O6. The highest BCUT2D eigenvalue weighted by atomic mass is 19.1. The molecule has 1 aliphatic carbocycles. The molecule has 3 amide bonds. The minimum absolute atomic E-state index is 0.0681. The number of ketones is 1. The van der Waals surface area contributed by atoms with Crippen molar-refractivity contribution in [3.63, 3.8) is 0 Å². The third kappa shape index (κ3) is 9.74. The van der Waals surface area contributed by atoms with Crippen LogP contribution in [0.1, 0.15) is 87.3 Å². The molecule has 1 aromatic heterocycles. The van der Waals surface area contributed by atoms with Gasteiger partial charge < -0.3 is 25.5 Å². The number of likely N-dealkylation sites (N-methyl/N-ethyl adjacent to an activating group) is 1. The zero-order valence-electron chi connectivity index (χ0n) is 29.3. The van der Waals surface area contributed by atoms with Gasteiger partial charge in [0.2, 0.25) is 11.8 Å². The van der Waals surface area contributed by atoms with E-state index in [2.05, 4.69) is 27.6 Å². The third-order valence-corrected chi connectivity index (χ3v) is 10.2. The number of aliphatic carboxylic acids is 1. The topological polar surface area (TPSA) is 154 Å². The molecule has 2 fully saturated rings. The molecule has 1 saturated heterocycles. The number of amides is 3. The van der Waals surface area contributed by atoms with Gasteiger partial charge >= 0.3 is 5.97 Å². The van der Waals surface area contributed by atoms with E-state index in [1.165, 1.54) is 19.1 Å². The van der Waals surface area contributed by atoms with E-state index in [0.717, 1.165) is 25.7 Å². The maximum absolute atomic E-state index is 15.8. The second-order valence-corrected chi connectivity index (χ2v) is 13.9. The number of rotatable bonds is 14. The van der Waals surface area contributed by atoms with Crippen LogP contribution in [-0.4, -0.2) is 99.5 Å². The van der Waals surface area contributed by atoms with E-state index >= 15 is 4.39 Å². The van der Waals surface area contributed by atoms with Gasteiger partial charge in [-0.05, 0) is 61.9 Å². The number of carbonyl (C=O) groups is 5. The molecule has 3 N–H and O–H groups in total. The van der Waals surface area contributed by atoms with Gasteiger partial charge in [0.1, 0.15) is 17.6 Å². The molecule has 49 heavy (non-hydrogen) atoms. The Morgan fingerprint density at radius 3 is 2.29 bits per heavy atom. The Kier molecular flexibility index (Phi) is 13.1. The zero-order chi connectivity index (χ0) is 35.8. The number of carbonyl (C=O) groups excluding carboxylic acids is 4. The molecule has 0 unspecified atom stereocenters. The summed E-state index contributed by atoms with van der Waals surface area (Å²) in [6.07, 6.45) is 4.37. The second kappa shape index (κ2) is 17.0. The number of carboxylic acids is 1. The molecule has 0 spiro atoms. The molecule has 1 aliphatic heterocycles. The summed E-state index contributed by atoms with van der Waals surface area (Å²) in [6.45, 7) is 10.0. The number of benzene rings is 1. The maximum Gasteiger partial charge on any atom is 0.304 e. The van der Waals surface area contributed by atoms with E-state index in [1.807, 2.05) is 14.0 Å². The number of aromatic nitrogens is 2. The van der Waals surface area contributed by atoms with Crippen molar-refractivity contribution in [2.75, 3.05) is 33.2 Å². The number of aryl methyl sites for hydroxylation is 1. The Bertz CT molecular complexity index is 1500. The summed E-state index contributed by atoms with van der Waals surface area (Å²) in [5, 5.41) is 19.1. The largest absolute Gasteiger partial charge is 0.481 e. The minimum Gasteiger partial charge on any atom is -0.481 e. The van der Waals surface area contributed by atoms with Crippen LogP contribution in [0, 0.1) is 23.6 Å². The van der Waals surface area contributed by atoms with Gasteiger partial charge in [0.05, 0.1) is 12.5 Å². The van der Waals surface area contributed by atoms with Crippen LogP contribution in [0.4, 0.5) is 4.39 Å². The number of halogens is 1. The highest BCUT2D eigenvalue weighted by Gasteiger charge is 2.36. The van der Waals surface area contributed by atoms with Crippen LogP contribution in [0.3, 0.4) is 0 Å². The van der Waals surface area contributed by atoms with Crippen LogP contribution < -0.4 is 10.6 Å². The molecule has 2 heterocycles. The summed E-state index contributed by atoms with van der Waals surface area (Å²) in [4.78, 5) is 68.9. The second-order valence-electron chi connectivity index (χ2n) is 13.9. The molecular weight excluding hydrogens is 631 g/mol. The summed E-state index contributed by atoms with van der Waals surface area (Å²) in [5.74, 6) is -4.38. The molecule has 4 atom stereocenters. The van der Waals surface area contributed by atoms with Crippen LogP contribution in [0.5, 0.6) is 0 Å². The Balaban J connectivity index is 1.54. The molecule has 0 radical (unpaired) electrons. The van der Waals surface area contributed by atoms with Gasteiger partial charge in [0.25, 0.3) is 5.91 Å². The number of hydrogen-bond acceptors (Lipinski definition) is 7. The maximum atomic E-state index is 15.8. The summed E-state index contributed by atoms with van der Waals surface area (Å²) in [5.41, 5.74) is 0.981. The van der Waals surface area contributed by atoms with Crippen molar-refractivity contribution in [3.05, 3.63) is 53.1 Å². The quantitative estimate of drug-likeness (QED) is 0.275. The molecule has 268 valence electrons. The minimum atomic E-state index is -1.13. The summed E-state index contributed by atoms with van der Waals surface area (Å²) < 4.78 is 17.4. The molecule has 2 aromatic rings. The first-order valence-corrected chi connectivity index (χ1v) is 17.4. The van der Waals surface area contributed by atoms with Crippen molar-refractivity contribution in [3.8, 4) is 0 Å². The molecule has 0 bridgehead atoms. The van der Waals surface area contributed by atoms with Crippen LogP contribution in [-0.2, 0) is 32.1 Å². The lowest BCUT2D eigenvalue weighted by Gasteiger charge is -2.36. The normalized spacial score (nSPS) is 20.9. The fourth-order valence-electron chi connectivity index (χ4n) is 6.83. The van der Waals surface area contributed by atoms with Crippen LogP contribution >= 0.6 is 0 Å². The number of nitrogens with zero attached hydrogens (tertiary/aromatic N) is 4. The van der Waals surface area contributed by atoms with Crippen molar-refractivity contribution in [2.45, 2.75) is 90.8 Å². The molecule has 2 aliphatic rings. The molecule has 12 nitrogen and oxygen atoms in total. The van der Waals surface area contributed by atoms with Gasteiger partial charge in [-0.2, -0.15) is 5.10 Å². The lowest BCUT2D eigenvalue weighted by Crippen LogP contribution is -2.56. The van der Waals surface area contributed by atoms with Crippen LogP contribution in [0.2, 0.25) is 0 Å². The average molecular weight is 683 g/mol. The number of piperazine rings is 1. The van der Waals surface area contributed by atoms with E-state index < -0.39 is 53.9 Å². The fraction of sp³-hybridized carbons (Fsp3) is 0.611. The van der Waals surface area contributed by atoms with E-state index in [9.17, 15) is 29.1 Å². The van der Waals surface area contributed by atoms with Gasteiger partial charge in [0.15, 0.2) is 5.78 Å². The fourth-order valence-corrected chi connectivity index (χ4v) is 6.83. The summed E-state index contributed by atoms with van der Waals surface area (Å²) in [6, 6.07) is 4.25. The van der Waals surface area contributed by atoms with Crippen LogP contribution in [0.25, 0.3) is 0 Å². The monoisotopic (exact) mass is 682 g/mol. The SMILES string of the molecule is CCn1nccc1C(=O)N[C@H](C(=O)Cc1ccc([C@H](C)[C@@H](NC(=O)[C@H](C)CC(=O)O)C(=O)N2CCN(C)CC2)cc1F)C1CCC(C)CC1. The van der Waals surface area contributed by atoms with Gasteiger partial charge in [-0.1, -0.05) is 45.7 Å². The Morgan fingerprint density at radius 1 is 1.00 bits per heavy atom. The zero-order valence-corrected chi connectivity index (χ0v) is 29.3. The number of Topliss-reactive ketones (excluding diaryl/α,β-unsaturated/α-hetero) is 1. The molecule has 4 rings (SSSR count). The van der Waals surface area contributed by atoms with Crippen LogP contribution in [0.15, 0.2) is 30.5 Å². The highest BCUT2D eigenvalue weighted by Crippen LogP contribution is 2.32. The predicted octanol–water partition coefficient (Wildman–Crippen LogP) is 3.25. The van der Waals surface area contributed by atoms with E-state index in [1.54, 1.807) is 34.8 Å². The Morgan fingerprint density at radius 2 is 1.67 bits per heavy atom. The van der Waals surface area contributed by atoms with E-state index in [0.29, 0.717) is 49.9 Å². The first-order chi connectivity index (χ1) is 23.3. The van der Waals surface area contributed by atoms with Gasteiger partial charge in [-0.15, -0.1) is 0 Å². The van der Waals surface area contributed by atoms with Crippen molar-refractivity contribution in [1.82, 2.24) is 30.2 Å². The predicted molar refractivity (Wildman–Crippen MR) is 181 cm³/mol. The summed E-state index contributed by atoms with van der Waals surface area (Å²) in [7, 11) is 1.96. The number of nitrogens with one attached hydrogen (secondary N) is 2. The number of carboxylic acid groups (broad SMARTS) is 1.